The summed E-state index contributed by atoms with van der Waals surface area (Å²) in [6.07, 6.45) is -12.7. The molecule has 226 valence electrons. The second kappa shape index (κ2) is 11.3. The Labute approximate surface area is 236 Å². The Morgan fingerprint density at radius 1 is 0.833 bits per heavy atom. The molecule has 1 fully saturated rings. The van der Waals surface area contributed by atoms with Crippen molar-refractivity contribution >= 4 is 15.8 Å². The SMILES string of the molecule is O=C(O)C1CCC(c2ccc(C(OCc3ccccc3)(C(F)(F)F)C(F)(F)F)cc2)(S(=O)(=O)c2ccc(F)cc2)CC1. The topological polar surface area (TPSA) is 80.7 Å². The maximum absolute atomic E-state index is 14.3. The molecule has 0 aromatic heterocycles. The zero-order chi connectivity index (χ0) is 31.0. The van der Waals surface area contributed by atoms with Gasteiger partial charge < -0.3 is 9.84 Å². The number of aliphatic carboxylic acids is 1. The van der Waals surface area contributed by atoms with Crippen LogP contribution in [0.1, 0.15) is 42.4 Å². The molecule has 3 aromatic carbocycles. The largest absolute Gasteiger partial charge is 0.481 e. The number of benzene rings is 3. The Bertz CT molecular complexity index is 1480. The quantitative estimate of drug-likeness (QED) is 0.212. The highest BCUT2D eigenvalue weighted by atomic mass is 32.2. The predicted octanol–water partition coefficient (Wildman–Crippen LogP) is 7.31. The molecule has 1 aliphatic carbocycles. The number of carbonyl (C=O) groups is 1. The van der Waals surface area contributed by atoms with Crippen molar-refractivity contribution in [1.29, 1.82) is 0 Å². The zero-order valence-corrected chi connectivity index (χ0v) is 22.6. The molecular weight excluding hydrogens is 593 g/mol. The normalized spacial score (nSPS) is 20.3. The van der Waals surface area contributed by atoms with Gasteiger partial charge in [0.15, 0.2) is 9.84 Å². The standard InChI is InChI=1S/C29H25F7O5S/c30-23-10-12-24(13-11-23)42(39,40)26(16-14-20(15-17-26)25(37)38)21-6-8-22(9-7-21)27(28(31,32)33,29(34,35)36)41-18-19-4-2-1-3-5-19/h1-13,20H,14-18H2,(H,37,38). The fourth-order valence-corrected chi connectivity index (χ4v) is 7.56. The number of carboxylic acids is 1. The molecule has 4 rings (SSSR count). The van der Waals surface area contributed by atoms with Crippen LogP contribution in [0.3, 0.4) is 0 Å². The first-order chi connectivity index (χ1) is 19.5. The van der Waals surface area contributed by atoms with Gasteiger partial charge in [0.1, 0.15) is 10.6 Å². The van der Waals surface area contributed by atoms with E-state index in [2.05, 4.69) is 4.74 Å². The van der Waals surface area contributed by atoms with Crippen LogP contribution in [0.4, 0.5) is 30.7 Å². The number of hydrogen-bond donors (Lipinski definition) is 1. The Morgan fingerprint density at radius 3 is 1.83 bits per heavy atom. The minimum absolute atomic E-state index is 0.0616. The zero-order valence-electron chi connectivity index (χ0n) is 21.8. The third-order valence-electron chi connectivity index (χ3n) is 7.69. The Balaban J connectivity index is 1.83. The highest BCUT2D eigenvalue weighted by Gasteiger charge is 2.73. The Hall–Kier alpha value is -3.45. The number of carboxylic acid groups (broad SMARTS) is 1. The van der Waals surface area contributed by atoms with Gasteiger partial charge in [-0.25, -0.2) is 12.8 Å². The molecule has 0 bridgehead atoms. The van der Waals surface area contributed by atoms with Crippen molar-refractivity contribution in [1.82, 2.24) is 0 Å². The third kappa shape index (κ3) is 5.51. The van der Waals surface area contributed by atoms with Gasteiger partial charge in [0.05, 0.1) is 17.4 Å². The van der Waals surface area contributed by atoms with Gasteiger partial charge >= 0.3 is 18.3 Å². The van der Waals surface area contributed by atoms with E-state index >= 15 is 0 Å². The Morgan fingerprint density at radius 2 is 1.36 bits per heavy atom. The summed E-state index contributed by atoms with van der Waals surface area (Å²) in [6.45, 7) is -1.03. The number of sulfone groups is 1. The van der Waals surface area contributed by atoms with E-state index < -0.39 is 62.4 Å². The van der Waals surface area contributed by atoms with Crippen LogP contribution >= 0.6 is 0 Å². The molecule has 0 radical (unpaired) electrons. The molecule has 0 heterocycles. The molecule has 0 spiro atoms. The predicted molar refractivity (Wildman–Crippen MR) is 136 cm³/mol. The summed E-state index contributed by atoms with van der Waals surface area (Å²) in [6, 6.07) is 13.6. The maximum Gasteiger partial charge on any atom is 0.430 e. The van der Waals surface area contributed by atoms with Crippen molar-refractivity contribution in [2.24, 2.45) is 5.92 Å². The van der Waals surface area contributed by atoms with Crippen molar-refractivity contribution in [2.45, 2.75) is 59.9 Å². The summed E-state index contributed by atoms with van der Waals surface area (Å²) in [5.74, 6) is -2.78. The lowest BCUT2D eigenvalue weighted by molar-refractivity contribution is -0.392. The summed E-state index contributed by atoms with van der Waals surface area (Å²) in [5, 5.41) is 9.42. The first-order valence-electron chi connectivity index (χ1n) is 12.7. The molecule has 0 saturated heterocycles. The van der Waals surface area contributed by atoms with Crippen molar-refractivity contribution in [3.05, 3.63) is 101 Å². The first kappa shape index (κ1) is 31.5. The van der Waals surface area contributed by atoms with Gasteiger partial charge in [-0.15, -0.1) is 0 Å². The van der Waals surface area contributed by atoms with Crippen molar-refractivity contribution < 1.29 is 53.8 Å². The van der Waals surface area contributed by atoms with Crippen LogP contribution in [0.25, 0.3) is 0 Å². The summed E-state index contributed by atoms with van der Waals surface area (Å²) < 4.78 is 130. The van der Waals surface area contributed by atoms with E-state index in [0.29, 0.717) is 12.1 Å². The number of alkyl halides is 6. The van der Waals surface area contributed by atoms with Gasteiger partial charge in [0.2, 0.25) is 0 Å². The van der Waals surface area contributed by atoms with E-state index in [9.17, 15) is 49.1 Å². The molecular formula is C29H25F7O5S. The molecule has 1 saturated carbocycles. The van der Waals surface area contributed by atoms with Crippen molar-refractivity contribution in [3.8, 4) is 0 Å². The lowest BCUT2D eigenvalue weighted by Crippen LogP contribution is -2.55. The van der Waals surface area contributed by atoms with Gasteiger partial charge in [0, 0.05) is 5.56 Å². The van der Waals surface area contributed by atoms with E-state index in [4.69, 9.17) is 0 Å². The molecule has 0 aliphatic heterocycles. The lowest BCUT2D eigenvalue weighted by Gasteiger charge is -2.40. The average Bonchev–Trinajstić information content (AvgIpc) is 2.93. The third-order valence-corrected chi connectivity index (χ3v) is 10.3. The summed E-state index contributed by atoms with van der Waals surface area (Å²) >= 11 is 0. The second-order valence-electron chi connectivity index (χ2n) is 10.1. The first-order valence-corrected chi connectivity index (χ1v) is 14.2. The van der Waals surface area contributed by atoms with E-state index in [1.54, 1.807) is 0 Å². The molecule has 1 aliphatic rings. The van der Waals surface area contributed by atoms with Crippen LogP contribution in [0.15, 0.2) is 83.8 Å². The number of halogens is 7. The molecule has 5 nitrogen and oxygen atoms in total. The molecule has 0 amide bonds. The molecule has 0 unspecified atom stereocenters. The van der Waals surface area contributed by atoms with Crippen LogP contribution < -0.4 is 0 Å². The number of hydrogen-bond acceptors (Lipinski definition) is 4. The van der Waals surface area contributed by atoms with Crippen LogP contribution in [0.2, 0.25) is 0 Å². The van der Waals surface area contributed by atoms with Gasteiger partial charge in [-0.1, -0.05) is 54.6 Å². The summed E-state index contributed by atoms with van der Waals surface area (Å²) in [7, 11) is -4.43. The van der Waals surface area contributed by atoms with E-state index in [1.165, 1.54) is 30.3 Å². The van der Waals surface area contributed by atoms with Crippen LogP contribution in [-0.2, 0) is 36.3 Å². The minimum atomic E-state index is -5.96. The number of rotatable bonds is 8. The summed E-state index contributed by atoms with van der Waals surface area (Å²) in [5.41, 5.74) is -6.11. The van der Waals surface area contributed by atoms with Crippen molar-refractivity contribution in [3.63, 3.8) is 0 Å². The fraction of sp³-hybridized carbons (Fsp3) is 0.345. The van der Waals surface area contributed by atoms with Crippen LogP contribution in [-0.4, -0.2) is 31.8 Å². The summed E-state index contributed by atoms with van der Waals surface area (Å²) in [4.78, 5) is 11.2. The average molecular weight is 619 g/mol. The second-order valence-corrected chi connectivity index (χ2v) is 12.4. The van der Waals surface area contributed by atoms with Crippen molar-refractivity contribution in [2.75, 3.05) is 0 Å². The van der Waals surface area contributed by atoms with Gasteiger partial charge in [-0.05, 0) is 61.1 Å². The fourth-order valence-electron chi connectivity index (χ4n) is 5.39. The molecule has 0 atom stereocenters. The smallest absolute Gasteiger partial charge is 0.430 e. The van der Waals surface area contributed by atoms with Crippen LogP contribution in [0, 0.1) is 11.7 Å². The van der Waals surface area contributed by atoms with E-state index in [-0.39, 0.29) is 41.7 Å². The Kier molecular flexibility index (Phi) is 8.49. The molecule has 1 N–H and O–H groups in total. The monoisotopic (exact) mass is 618 g/mol. The lowest BCUT2D eigenvalue weighted by atomic mass is 9.77. The van der Waals surface area contributed by atoms with E-state index in [1.807, 2.05) is 0 Å². The maximum atomic E-state index is 14.3. The molecule has 13 heteroatoms. The van der Waals surface area contributed by atoms with Gasteiger partial charge in [-0.3, -0.25) is 4.79 Å². The minimum Gasteiger partial charge on any atom is -0.481 e. The number of ether oxygens (including phenoxy) is 1. The highest BCUT2D eigenvalue weighted by Crippen LogP contribution is 2.54. The van der Waals surface area contributed by atoms with Gasteiger partial charge in [-0.2, -0.15) is 26.3 Å². The molecule has 42 heavy (non-hydrogen) atoms. The van der Waals surface area contributed by atoms with E-state index in [0.717, 1.165) is 36.4 Å². The molecule has 3 aromatic rings. The highest BCUT2D eigenvalue weighted by molar-refractivity contribution is 7.92. The van der Waals surface area contributed by atoms with Crippen LogP contribution in [0.5, 0.6) is 0 Å². The van der Waals surface area contributed by atoms with Gasteiger partial charge in [0.25, 0.3) is 5.60 Å².